The van der Waals surface area contributed by atoms with Gasteiger partial charge in [0.25, 0.3) is 0 Å². The molecule has 1 N–H and O–H groups in total. The van der Waals surface area contributed by atoms with Crippen molar-refractivity contribution in [2.45, 2.75) is 19.0 Å². The zero-order valence-corrected chi connectivity index (χ0v) is 15.9. The normalized spacial score (nSPS) is 19.9. The van der Waals surface area contributed by atoms with E-state index in [1.165, 1.54) is 5.56 Å². The van der Waals surface area contributed by atoms with Crippen LogP contribution in [0.25, 0.3) is 0 Å². The maximum Gasteiger partial charge on any atom is 0.174 e. The molecule has 3 heterocycles. The van der Waals surface area contributed by atoms with E-state index in [-0.39, 0.29) is 12.1 Å². The maximum atomic E-state index is 6.22. The van der Waals surface area contributed by atoms with Gasteiger partial charge in [-0.3, -0.25) is 4.98 Å². The summed E-state index contributed by atoms with van der Waals surface area (Å²) in [6, 6.07) is 18.3. The molecule has 0 bridgehead atoms. The minimum Gasteiger partial charge on any atom is -0.351 e. The summed E-state index contributed by atoms with van der Waals surface area (Å²) in [6.07, 6.45) is 1.81. The SMILES string of the molecule is Cc1cccc(N2C(=S)NC(c3ccccn3)C2c2ccc(Cl)s2)c1. The van der Waals surface area contributed by atoms with E-state index in [1.54, 1.807) is 11.3 Å². The highest BCUT2D eigenvalue weighted by Gasteiger charge is 2.41. The number of hydrogen-bond acceptors (Lipinski definition) is 3. The number of anilines is 1. The van der Waals surface area contributed by atoms with Gasteiger partial charge in [0.2, 0.25) is 0 Å². The highest BCUT2D eigenvalue weighted by molar-refractivity contribution is 7.80. The second-order valence-electron chi connectivity index (χ2n) is 5.98. The molecule has 126 valence electrons. The van der Waals surface area contributed by atoms with Crippen molar-refractivity contribution in [3.05, 3.63) is 81.3 Å². The van der Waals surface area contributed by atoms with Crippen molar-refractivity contribution in [2.75, 3.05) is 4.90 Å². The Morgan fingerprint density at radius 2 is 2.04 bits per heavy atom. The fourth-order valence-electron chi connectivity index (χ4n) is 3.19. The van der Waals surface area contributed by atoms with E-state index in [2.05, 4.69) is 52.5 Å². The number of hydrogen-bond donors (Lipinski definition) is 1. The summed E-state index contributed by atoms with van der Waals surface area (Å²) in [6.45, 7) is 2.09. The fourth-order valence-corrected chi connectivity index (χ4v) is 4.72. The predicted octanol–water partition coefficient (Wildman–Crippen LogP) is 5.28. The van der Waals surface area contributed by atoms with Gasteiger partial charge in [-0.15, -0.1) is 11.3 Å². The second-order valence-corrected chi connectivity index (χ2v) is 8.11. The van der Waals surface area contributed by atoms with E-state index in [9.17, 15) is 0 Å². The zero-order valence-electron chi connectivity index (χ0n) is 13.5. The molecule has 1 aliphatic heterocycles. The van der Waals surface area contributed by atoms with Gasteiger partial charge < -0.3 is 10.2 Å². The van der Waals surface area contributed by atoms with Gasteiger partial charge in [-0.05, 0) is 61.1 Å². The average molecular weight is 386 g/mol. The van der Waals surface area contributed by atoms with Crippen molar-refractivity contribution in [2.24, 2.45) is 0 Å². The molecule has 0 saturated carbocycles. The summed E-state index contributed by atoms with van der Waals surface area (Å²) in [5.74, 6) is 0. The average Bonchev–Trinajstić information content (AvgIpc) is 3.18. The van der Waals surface area contributed by atoms with Gasteiger partial charge in [-0.25, -0.2) is 0 Å². The van der Waals surface area contributed by atoms with Crippen LogP contribution in [0.4, 0.5) is 5.69 Å². The quantitative estimate of drug-likeness (QED) is 0.620. The Morgan fingerprint density at radius 3 is 2.72 bits per heavy atom. The zero-order chi connectivity index (χ0) is 17.4. The Bertz CT molecular complexity index is 910. The lowest BCUT2D eigenvalue weighted by Gasteiger charge is -2.27. The molecule has 1 saturated heterocycles. The highest BCUT2D eigenvalue weighted by atomic mass is 35.5. The molecule has 2 unspecified atom stereocenters. The summed E-state index contributed by atoms with van der Waals surface area (Å²) in [5, 5.41) is 4.16. The largest absolute Gasteiger partial charge is 0.351 e. The van der Waals surface area contributed by atoms with Crippen LogP contribution < -0.4 is 10.2 Å². The number of aryl methyl sites for hydroxylation is 1. The number of nitrogens with one attached hydrogen (secondary N) is 1. The number of thiophene rings is 1. The molecular formula is C19H16ClN3S2. The van der Waals surface area contributed by atoms with Crippen molar-refractivity contribution in [3.8, 4) is 0 Å². The first kappa shape index (κ1) is 16.5. The molecular weight excluding hydrogens is 370 g/mol. The molecule has 0 amide bonds. The Morgan fingerprint density at radius 1 is 1.16 bits per heavy atom. The van der Waals surface area contributed by atoms with Gasteiger partial charge in [0.1, 0.15) is 0 Å². The van der Waals surface area contributed by atoms with Crippen LogP contribution in [0.3, 0.4) is 0 Å². The van der Waals surface area contributed by atoms with Crippen LogP contribution in [0, 0.1) is 6.92 Å². The molecule has 4 rings (SSSR count). The molecule has 0 radical (unpaired) electrons. The van der Waals surface area contributed by atoms with Crippen LogP contribution in [0.2, 0.25) is 4.34 Å². The first-order valence-electron chi connectivity index (χ1n) is 7.96. The summed E-state index contributed by atoms with van der Waals surface area (Å²) >= 11 is 13.5. The molecule has 0 spiro atoms. The van der Waals surface area contributed by atoms with Crippen molar-refractivity contribution in [1.29, 1.82) is 0 Å². The topological polar surface area (TPSA) is 28.2 Å². The highest BCUT2D eigenvalue weighted by Crippen LogP contribution is 2.44. The standard InChI is InChI=1S/C19H16ClN3S2/c1-12-5-4-6-13(11-12)23-18(15-8-9-16(20)25-15)17(22-19(23)24)14-7-2-3-10-21-14/h2-11,17-18H,1H3,(H,22,24). The summed E-state index contributed by atoms with van der Waals surface area (Å²) in [7, 11) is 0. The Hall–Kier alpha value is -1.95. The van der Waals surface area contributed by atoms with Crippen molar-refractivity contribution >= 4 is 46.0 Å². The molecule has 25 heavy (non-hydrogen) atoms. The van der Waals surface area contributed by atoms with E-state index in [4.69, 9.17) is 23.8 Å². The number of thiocarbonyl (C=S) groups is 1. The minimum atomic E-state index is -0.0241. The third-order valence-electron chi connectivity index (χ3n) is 4.26. The molecule has 1 fully saturated rings. The molecule has 2 atom stereocenters. The Kier molecular flexibility index (Phi) is 4.46. The van der Waals surface area contributed by atoms with E-state index >= 15 is 0 Å². The molecule has 0 aliphatic carbocycles. The summed E-state index contributed by atoms with van der Waals surface area (Å²) in [5.41, 5.74) is 3.24. The molecule has 3 nitrogen and oxygen atoms in total. The Labute approximate surface area is 161 Å². The van der Waals surface area contributed by atoms with E-state index in [0.717, 1.165) is 20.6 Å². The van der Waals surface area contributed by atoms with Gasteiger partial charge >= 0.3 is 0 Å². The van der Waals surface area contributed by atoms with Crippen LogP contribution in [-0.4, -0.2) is 10.1 Å². The lowest BCUT2D eigenvalue weighted by Crippen LogP contribution is -2.29. The van der Waals surface area contributed by atoms with Gasteiger partial charge in [-0.2, -0.15) is 0 Å². The third-order valence-corrected chi connectivity index (χ3v) is 5.88. The van der Waals surface area contributed by atoms with Gasteiger partial charge in [0.15, 0.2) is 5.11 Å². The number of benzene rings is 1. The van der Waals surface area contributed by atoms with Crippen LogP contribution in [0.5, 0.6) is 0 Å². The lowest BCUT2D eigenvalue weighted by molar-refractivity contribution is 0.575. The predicted molar refractivity (Wildman–Crippen MR) is 108 cm³/mol. The van der Waals surface area contributed by atoms with Crippen LogP contribution in [0.1, 0.15) is 28.2 Å². The molecule has 3 aromatic rings. The van der Waals surface area contributed by atoms with Gasteiger partial charge in [0.05, 0.1) is 22.1 Å². The number of halogens is 1. The number of pyridine rings is 1. The third kappa shape index (κ3) is 3.15. The fraction of sp³-hybridized carbons (Fsp3) is 0.158. The van der Waals surface area contributed by atoms with Crippen LogP contribution >= 0.6 is 35.2 Å². The van der Waals surface area contributed by atoms with E-state index in [0.29, 0.717) is 5.11 Å². The minimum absolute atomic E-state index is 0.0155. The van der Waals surface area contributed by atoms with Crippen molar-refractivity contribution < 1.29 is 0 Å². The number of rotatable bonds is 3. The number of aromatic nitrogens is 1. The van der Waals surface area contributed by atoms with Crippen molar-refractivity contribution in [3.63, 3.8) is 0 Å². The molecule has 1 aromatic carbocycles. The van der Waals surface area contributed by atoms with Crippen LogP contribution in [-0.2, 0) is 0 Å². The van der Waals surface area contributed by atoms with Gasteiger partial charge in [0, 0.05) is 16.8 Å². The number of nitrogens with zero attached hydrogens (tertiary/aromatic N) is 2. The first-order valence-corrected chi connectivity index (χ1v) is 9.56. The summed E-state index contributed by atoms with van der Waals surface area (Å²) in [4.78, 5) is 7.88. The smallest absolute Gasteiger partial charge is 0.174 e. The Balaban J connectivity index is 1.83. The summed E-state index contributed by atoms with van der Waals surface area (Å²) < 4.78 is 0.775. The van der Waals surface area contributed by atoms with Crippen LogP contribution in [0.15, 0.2) is 60.8 Å². The molecule has 6 heteroatoms. The molecule has 2 aromatic heterocycles. The van der Waals surface area contributed by atoms with E-state index in [1.807, 2.05) is 30.5 Å². The maximum absolute atomic E-state index is 6.22. The van der Waals surface area contributed by atoms with E-state index < -0.39 is 0 Å². The monoisotopic (exact) mass is 385 g/mol. The second kappa shape index (κ2) is 6.75. The lowest BCUT2D eigenvalue weighted by atomic mass is 10.0. The van der Waals surface area contributed by atoms with Gasteiger partial charge in [-0.1, -0.05) is 29.8 Å². The van der Waals surface area contributed by atoms with Crippen molar-refractivity contribution in [1.82, 2.24) is 10.3 Å². The first-order chi connectivity index (χ1) is 12.1. The molecule has 1 aliphatic rings.